The number of hydrogen-bond donors (Lipinski definition) is 19. The van der Waals surface area contributed by atoms with Crippen molar-refractivity contribution in [3.63, 3.8) is 0 Å². The lowest BCUT2D eigenvalue weighted by atomic mass is 9.96. The van der Waals surface area contributed by atoms with Crippen molar-refractivity contribution in [2.75, 3.05) is 26.2 Å². The number of aromatic nitrogens is 6. The van der Waals surface area contributed by atoms with E-state index in [2.05, 4.69) is 88.1 Å². The summed E-state index contributed by atoms with van der Waals surface area (Å²) in [5.74, 6) is -13.3. The summed E-state index contributed by atoms with van der Waals surface area (Å²) in [7, 11) is 0. The van der Waals surface area contributed by atoms with Crippen LogP contribution in [0.3, 0.4) is 0 Å². The molecule has 37 heteroatoms. The van der Waals surface area contributed by atoms with Crippen LogP contribution in [0.4, 0.5) is 0 Å². The first-order valence-electron chi connectivity index (χ1n) is 30.6. The molecule has 3 aromatic heterocycles. The molecule has 0 bridgehead atoms. The Bertz CT molecular complexity index is 3070. The number of H-pyrrole nitrogens is 3. The molecule has 4 heterocycles. The summed E-state index contributed by atoms with van der Waals surface area (Å²) in [6.45, 7) is 8.20. The number of aromatic amines is 3. The van der Waals surface area contributed by atoms with Gasteiger partial charge in [-0.1, -0.05) is 34.1 Å². The maximum Gasteiger partial charge on any atom is 0.326 e. The van der Waals surface area contributed by atoms with E-state index < -0.39 is 175 Å². The van der Waals surface area contributed by atoms with Gasteiger partial charge < -0.3 is 106 Å². The van der Waals surface area contributed by atoms with Gasteiger partial charge in [-0.05, 0) is 64.2 Å². The summed E-state index contributed by atoms with van der Waals surface area (Å²) in [6, 6.07) is -15.3. The number of carbonyl (C=O) groups is 13. The Morgan fingerprint density at radius 3 is 1.62 bits per heavy atom. The Labute approximate surface area is 540 Å². The van der Waals surface area contributed by atoms with Gasteiger partial charge in [0, 0.05) is 74.4 Å². The maximum atomic E-state index is 14.5. The number of guanidine groups is 1. The van der Waals surface area contributed by atoms with Crippen LogP contribution < -0.4 is 70.4 Å². The molecule has 518 valence electrons. The third kappa shape index (κ3) is 25.2. The van der Waals surface area contributed by atoms with E-state index in [-0.39, 0.29) is 76.3 Å². The van der Waals surface area contributed by atoms with E-state index >= 15 is 0 Å². The molecule has 1 aliphatic rings. The van der Waals surface area contributed by atoms with Gasteiger partial charge in [-0.3, -0.25) is 62.5 Å². The van der Waals surface area contributed by atoms with E-state index in [0.717, 1.165) is 0 Å². The van der Waals surface area contributed by atoms with Gasteiger partial charge in [-0.2, -0.15) is 0 Å². The van der Waals surface area contributed by atoms with Crippen LogP contribution in [0.2, 0.25) is 0 Å². The number of aliphatic carboxylic acids is 2. The highest BCUT2D eigenvalue weighted by molar-refractivity contribution is 5.99. The van der Waals surface area contributed by atoms with E-state index in [9.17, 15) is 72.5 Å². The smallest absolute Gasteiger partial charge is 0.326 e. The second-order valence-electron chi connectivity index (χ2n) is 23.1. The molecule has 0 aromatic carbocycles. The molecular formula is C57H89N21O16. The van der Waals surface area contributed by atoms with Crippen LogP contribution in [0.1, 0.15) is 110 Å². The Kier molecular flexibility index (Phi) is 30.9. The Morgan fingerprint density at radius 1 is 0.617 bits per heavy atom. The minimum absolute atomic E-state index is 0.0293. The number of hydrogen-bond acceptors (Lipinski definition) is 19. The predicted molar refractivity (Wildman–Crippen MR) is 332 cm³/mol. The first-order valence-corrected chi connectivity index (χ1v) is 30.6. The lowest BCUT2D eigenvalue weighted by Crippen LogP contribution is -2.61. The molecule has 4 rings (SSSR count). The lowest BCUT2D eigenvalue weighted by Gasteiger charge is -2.30. The van der Waals surface area contributed by atoms with Crippen molar-refractivity contribution in [3.05, 3.63) is 54.7 Å². The zero-order valence-corrected chi connectivity index (χ0v) is 53.2. The average Bonchev–Trinajstić information content (AvgIpc) is 1.56. The van der Waals surface area contributed by atoms with Gasteiger partial charge in [0.1, 0.15) is 66.5 Å². The number of nitrogens with zero attached hydrogens (tertiary/aromatic N) is 5. The lowest BCUT2D eigenvalue weighted by molar-refractivity contribution is -0.145. The summed E-state index contributed by atoms with van der Waals surface area (Å²) < 4.78 is 0. The second kappa shape index (κ2) is 38.1. The second-order valence-corrected chi connectivity index (χ2v) is 23.1. The summed E-state index contributed by atoms with van der Waals surface area (Å²) in [6.07, 6.45) is 7.02. The monoisotopic (exact) mass is 1320 g/mol. The number of carboxylic acids is 2. The predicted octanol–water partition coefficient (Wildman–Crippen LogP) is -6.19. The highest BCUT2D eigenvalue weighted by Gasteiger charge is 2.41. The normalized spacial score (nSPS) is 16.3. The summed E-state index contributed by atoms with van der Waals surface area (Å²) >= 11 is 0. The molecule has 0 aliphatic carbocycles. The van der Waals surface area contributed by atoms with Gasteiger partial charge in [-0.25, -0.2) is 19.7 Å². The summed E-state index contributed by atoms with van der Waals surface area (Å²) in [5.41, 5.74) is 17.6. The number of amides is 11. The average molecular weight is 1320 g/mol. The Balaban J connectivity index is 1.55. The number of aliphatic hydroxyl groups excluding tert-OH is 1. The van der Waals surface area contributed by atoms with Crippen molar-refractivity contribution < 1.29 is 77.6 Å². The fourth-order valence-electron chi connectivity index (χ4n) is 9.71. The molecule has 22 N–H and O–H groups in total. The van der Waals surface area contributed by atoms with Gasteiger partial charge in [-0.15, -0.1) is 0 Å². The number of likely N-dealkylation sites (tertiary alicyclic amines) is 1. The van der Waals surface area contributed by atoms with E-state index in [1.54, 1.807) is 27.7 Å². The van der Waals surface area contributed by atoms with Crippen LogP contribution in [0.15, 0.2) is 42.6 Å². The molecule has 94 heavy (non-hydrogen) atoms. The number of nitrogens with two attached hydrogens (primary N) is 3. The van der Waals surface area contributed by atoms with Gasteiger partial charge >= 0.3 is 11.9 Å². The standard InChI is InChI=1S/C57H89N21O16/c1-7-29(4)45(77-52(89)38(17-32-20-61-25-66-32)71-43(80)23-65-46(83)30(5)69-48(85)35(58)24-79)54(91)75-40(19-34-22-63-27-68-34)50(87)72-36(12-13-44(81)82)49(86)70-31(6)47(84)74-39(18-33-21-62-26-67-33)51(88)73-37(10-8-14-64-57(59)60)55(92)78-15-9-11-42(78)53(90)76-41(56(93)94)16-28(2)3/h20-22,25-31,35-42,45,79H,7-19,23-24,58H2,1-6H3,(H,61,66)(H,62,67)(H,63,68)(H,65,83)(H,69,85)(H,70,86)(H,71,80)(H,72,87)(H,73,88)(H,74,84)(H,75,91)(H,76,90)(H,77,89)(H,81,82)(H,93,94)(H4,59,60,64)/t29-,30-,31-,35-,36-,37-,38-,39-,40-,41-,42-,45-/m0/s1. The molecule has 1 saturated heterocycles. The minimum atomic E-state index is -1.70. The number of aliphatic hydroxyl groups is 1. The van der Waals surface area contributed by atoms with Crippen molar-refractivity contribution in [2.24, 2.45) is 34.0 Å². The molecule has 1 fully saturated rings. The van der Waals surface area contributed by atoms with Crippen molar-refractivity contribution in [1.82, 2.24) is 88.0 Å². The summed E-state index contributed by atoms with van der Waals surface area (Å²) in [5, 5.41) is 53.8. The quantitative estimate of drug-likeness (QED) is 0.0143. The molecular weight excluding hydrogens is 1230 g/mol. The molecule has 0 unspecified atom stereocenters. The number of carboxylic acid groups (broad SMARTS) is 2. The van der Waals surface area contributed by atoms with Crippen LogP contribution in [0.5, 0.6) is 0 Å². The molecule has 0 radical (unpaired) electrons. The highest BCUT2D eigenvalue weighted by atomic mass is 16.4. The van der Waals surface area contributed by atoms with E-state index in [1.807, 2.05) is 0 Å². The SMILES string of the molecule is CC[C@H](C)[C@H](NC(=O)[C@H](Cc1cnc[nH]1)NC(=O)CNC(=O)[C@H](C)NC(=O)[C@@H](N)CO)C(=O)N[C@@H](Cc1cnc[nH]1)C(=O)N[C@@H](CCC(=O)O)C(=O)N[C@@H](C)C(=O)N[C@@H](Cc1cnc[nH]1)C(=O)N[C@@H](CCCN=C(N)N)C(=O)N1CCC[C@H]1C(=O)N[C@@H](CC(C)C)C(=O)O. The number of rotatable bonds is 40. The number of imidazole rings is 3. The molecule has 3 aromatic rings. The minimum Gasteiger partial charge on any atom is -0.481 e. The highest BCUT2D eigenvalue weighted by Crippen LogP contribution is 2.21. The van der Waals surface area contributed by atoms with Gasteiger partial charge in [0.2, 0.25) is 65.0 Å². The first-order chi connectivity index (χ1) is 44.5. The number of carbonyl (C=O) groups excluding carboxylic acids is 11. The van der Waals surface area contributed by atoms with E-state index in [0.29, 0.717) is 23.5 Å². The van der Waals surface area contributed by atoms with Crippen LogP contribution in [-0.4, -0.2) is 226 Å². The third-order valence-electron chi connectivity index (χ3n) is 15.1. The van der Waals surface area contributed by atoms with Crippen LogP contribution >= 0.6 is 0 Å². The Hall–Kier alpha value is -10.1. The first kappa shape index (κ1) is 76.4. The zero-order valence-electron chi connectivity index (χ0n) is 53.2. The molecule has 12 atom stereocenters. The molecule has 1 aliphatic heterocycles. The van der Waals surface area contributed by atoms with Crippen molar-refractivity contribution >= 4 is 82.9 Å². The molecule has 11 amide bonds. The fraction of sp³-hybridized carbons (Fsp3) is 0.596. The van der Waals surface area contributed by atoms with Crippen LogP contribution in [0, 0.1) is 11.8 Å². The largest absolute Gasteiger partial charge is 0.481 e. The summed E-state index contributed by atoms with van der Waals surface area (Å²) in [4.78, 5) is 202. The van der Waals surface area contributed by atoms with Crippen LogP contribution in [0.25, 0.3) is 0 Å². The Morgan fingerprint density at radius 2 is 1.12 bits per heavy atom. The van der Waals surface area contributed by atoms with E-state index in [1.165, 1.54) is 56.3 Å². The van der Waals surface area contributed by atoms with Gasteiger partial charge in [0.15, 0.2) is 5.96 Å². The van der Waals surface area contributed by atoms with Crippen LogP contribution in [-0.2, 0) is 81.6 Å². The molecule has 0 spiro atoms. The zero-order chi connectivity index (χ0) is 69.8. The maximum absolute atomic E-state index is 14.5. The van der Waals surface area contributed by atoms with Gasteiger partial charge in [0.25, 0.3) is 0 Å². The van der Waals surface area contributed by atoms with E-state index in [4.69, 9.17) is 22.3 Å². The van der Waals surface area contributed by atoms with Gasteiger partial charge in [0.05, 0.1) is 32.1 Å². The molecule has 37 nitrogen and oxygen atoms in total. The number of aliphatic imine (C=N–C) groups is 1. The number of nitrogens with one attached hydrogen (secondary N) is 13. The topological polar surface area (TPSA) is 583 Å². The molecule has 0 saturated carbocycles. The van der Waals surface area contributed by atoms with Crippen molar-refractivity contribution in [2.45, 2.75) is 179 Å². The fourth-order valence-corrected chi connectivity index (χ4v) is 9.71. The van der Waals surface area contributed by atoms with Crippen molar-refractivity contribution in [1.29, 1.82) is 0 Å². The van der Waals surface area contributed by atoms with Crippen molar-refractivity contribution in [3.8, 4) is 0 Å². The third-order valence-corrected chi connectivity index (χ3v) is 15.1.